The van der Waals surface area contributed by atoms with Gasteiger partial charge in [0, 0.05) is 11.3 Å². The minimum Gasteiger partial charge on any atom is -0.338 e. The van der Waals surface area contributed by atoms with Crippen molar-refractivity contribution >= 4 is 11.6 Å². The van der Waals surface area contributed by atoms with Crippen molar-refractivity contribution < 1.29 is 9.32 Å². The number of para-hydroxylation sites is 1. The molecule has 0 aliphatic carbocycles. The summed E-state index contributed by atoms with van der Waals surface area (Å²) in [6, 6.07) is 15.9. The first-order valence-electron chi connectivity index (χ1n) is 10.1. The molecule has 0 saturated heterocycles. The number of amides is 1. The molecule has 152 valence electrons. The first-order valence-corrected chi connectivity index (χ1v) is 10.1. The number of carbonyl (C=O) groups is 1. The Labute approximate surface area is 171 Å². The van der Waals surface area contributed by atoms with E-state index in [1.165, 1.54) is 5.56 Å². The zero-order chi connectivity index (χ0) is 20.6. The van der Waals surface area contributed by atoms with Crippen LogP contribution >= 0.6 is 0 Å². The molecule has 1 aromatic heterocycles. The highest BCUT2D eigenvalue weighted by molar-refractivity contribution is 5.92. The van der Waals surface area contributed by atoms with E-state index in [-0.39, 0.29) is 12.5 Å². The highest BCUT2D eigenvalue weighted by Gasteiger charge is 2.16. The van der Waals surface area contributed by atoms with Crippen LogP contribution in [-0.2, 0) is 17.8 Å². The van der Waals surface area contributed by atoms with Crippen molar-refractivity contribution in [3.8, 4) is 11.4 Å². The number of carbonyl (C=O) groups excluding carboxylic acids is 1. The number of hydrogen-bond acceptors (Lipinski definition) is 5. The molecule has 0 fully saturated rings. The fourth-order valence-corrected chi connectivity index (χ4v) is 3.15. The average molecular weight is 393 g/mol. The predicted molar refractivity (Wildman–Crippen MR) is 114 cm³/mol. The van der Waals surface area contributed by atoms with E-state index < -0.39 is 0 Å². The first-order chi connectivity index (χ1) is 14.1. The standard InChI is InChI=1S/C23H28N4O2/c1-4-14-27(15-21(28)24-20-9-7-6-8-17(20)3)16-22-25-23(26-29-22)19-12-10-18(5-2)11-13-19/h6-13H,4-5,14-16H2,1-3H3,(H,24,28). The Morgan fingerprint density at radius 1 is 1.10 bits per heavy atom. The fourth-order valence-electron chi connectivity index (χ4n) is 3.15. The normalized spacial score (nSPS) is 11.0. The van der Waals surface area contributed by atoms with Crippen molar-refractivity contribution in [2.75, 3.05) is 18.4 Å². The van der Waals surface area contributed by atoms with Gasteiger partial charge in [-0.2, -0.15) is 4.98 Å². The van der Waals surface area contributed by atoms with Gasteiger partial charge in [0.25, 0.3) is 0 Å². The van der Waals surface area contributed by atoms with Crippen molar-refractivity contribution in [3.63, 3.8) is 0 Å². The van der Waals surface area contributed by atoms with Gasteiger partial charge in [-0.05, 0) is 43.5 Å². The summed E-state index contributed by atoms with van der Waals surface area (Å²) in [6.45, 7) is 7.66. The minimum absolute atomic E-state index is 0.0531. The van der Waals surface area contributed by atoms with E-state index >= 15 is 0 Å². The molecule has 0 aliphatic rings. The monoisotopic (exact) mass is 392 g/mol. The maximum Gasteiger partial charge on any atom is 0.241 e. The van der Waals surface area contributed by atoms with Crippen molar-refractivity contribution in [1.82, 2.24) is 15.0 Å². The summed E-state index contributed by atoms with van der Waals surface area (Å²) in [4.78, 5) is 19.0. The van der Waals surface area contributed by atoms with Crippen molar-refractivity contribution in [2.45, 2.75) is 40.2 Å². The van der Waals surface area contributed by atoms with E-state index in [1.807, 2.05) is 48.2 Å². The number of anilines is 1. The molecule has 6 nitrogen and oxygen atoms in total. The smallest absolute Gasteiger partial charge is 0.241 e. The quantitative estimate of drug-likeness (QED) is 0.582. The van der Waals surface area contributed by atoms with E-state index in [4.69, 9.17) is 4.52 Å². The van der Waals surface area contributed by atoms with Gasteiger partial charge in [0.05, 0.1) is 13.1 Å². The fraction of sp³-hybridized carbons (Fsp3) is 0.348. The van der Waals surface area contributed by atoms with Crippen LogP contribution < -0.4 is 5.32 Å². The van der Waals surface area contributed by atoms with Crippen LogP contribution in [0.2, 0.25) is 0 Å². The third-order valence-corrected chi connectivity index (χ3v) is 4.77. The molecule has 2 aromatic carbocycles. The highest BCUT2D eigenvalue weighted by atomic mass is 16.5. The molecule has 1 N–H and O–H groups in total. The van der Waals surface area contributed by atoms with E-state index in [0.717, 1.165) is 36.2 Å². The number of nitrogens with one attached hydrogen (secondary N) is 1. The maximum atomic E-state index is 12.5. The Balaban J connectivity index is 1.63. The second kappa shape index (κ2) is 9.98. The van der Waals surface area contributed by atoms with Crippen LogP contribution in [0.1, 0.15) is 37.3 Å². The van der Waals surface area contributed by atoms with Crippen molar-refractivity contribution in [1.29, 1.82) is 0 Å². The summed E-state index contributed by atoms with van der Waals surface area (Å²) in [6.07, 6.45) is 1.92. The van der Waals surface area contributed by atoms with Gasteiger partial charge >= 0.3 is 0 Å². The van der Waals surface area contributed by atoms with Crippen LogP contribution in [0.4, 0.5) is 5.69 Å². The van der Waals surface area contributed by atoms with Crippen molar-refractivity contribution in [3.05, 3.63) is 65.5 Å². The molecule has 0 radical (unpaired) electrons. The van der Waals surface area contributed by atoms with Gasteiger partial charge in [0.2, 0.25) is 17.6 Å². The Morgan fingerprint density at radius 3 is 2.55 bits per heavy atom. The van der Waals surface area contributed by atoms with Gasteiger partial charge in [0.1, 0.15) is 0 Å². The number of nitrogens with zero attached hydrogens (tertiary/aromatic N) is 3. The average Bonchev–Trinajstić information content (AvgIpc) is 3.18. The lowest BCUT2D eigenvalue weighted by Gasteiger charge is -2.19. The number of aryl methyl sites for hydroxylation is 2. The van der Waals surface area contributed by atoms with Crippen LogP contribution in [0.3, 0.4) is 0 Å². The summed E-state index contributed by atoms with van der Waals surface area (Å²) in [5.41, 5.74) is 4.07. The molecule has 6 heteroatoms. The van der Waals surface area contributed by atoms with Crippen LogP contribution in [0, 0.1) is 6.92 Å². The Bertz CT molecular complexity index is 934. The molecule has 3 rings (SSSR count). The third kappa shape index (κ3) is 5.74. The minimum atomic E-state index is -0.0531. The number of benzene rings is 2. The molecular weight excluding hydrogens is 364 g/mol. The summed E-state index contributed by atoms with van der Waals surface area (Å²) < 4.78 is 5.44. The number of rotatable bonds is 9. The summed E-state index contributed by atoms with van der Waals surface area (Å²) in [5.74, 6) is 1.03. The van der Waals surface area contributed by atoms with Gasteiger partial charge in [-0.3, -0.25) is 9.69 Å². The molecule has 0 saturated carbocycles. The molecule has 0 unspecified atom stereocenters. The second-order valence-electron chi connectivity index (χ2n) is 7.14. The van der Waals surface area contributed by atoms with Crippen molar-refractivity contribution in [2.24, 2.45) is 0 Å². The van der Waals surface area contributed by atoms with E-state index in [2.05, 4.69) is 41.4 Å². The van der Waals surface area contributed by atoms with Gasteiger partial charge < -0.3 is 9.84 Å². The second-order valence-corrected chi connectivity index (χ2v) is 7.14. The van der Waals surface area contributed by atoms with Crippen LogP contribution in [0.5, 0.6) is 0 Å². The molecule has 0 aliphatic heterocycles. The zero-order valence-electron chi connectivity index (χ0n) is 17.3. The molecule has 0 bridgehead atoms. The largest absolute Gasteiger partial charge is 0.338 e. The Kier molecular flexibility index (Phi) is 7.14. The maximum absolute atomic E-state index is 12.5. The van der Waals surface area contributed by atoms with E-state index in [1.54, 1.807) is 0 Å². The highest BCUT2D eigenvalue weighted by Crippen LogP contribution is 2.18. The third-order valence-electron chi connectivity index (χ3n) is 4.77. The predicted octanol–water partition coefficient (Wildman–Crippen LogP) is 4.46. The molecule has 0 atom stereocenters. The summed E-state index contributed by atoms with van der Waals surface area (Å²) in [7, 11) is 0. The zero-order valence-corrected chi connectivity index (χ0v) is 17.3. The lowest BCUT2D eigenvalue weighted by atomic mass is 10.1. The Hall–Kier alpha value is -2.99. The van der Waals surface area contributed by atoms with Crippen LogP contribution in [0.25, 0.3) is 11.4 Å². The molecule has 0 spiro atoms. The van der Waals surface area contributed by atoms with Gasteiger partial charge in [-0.15, -0.1) is 0 Å². The SMILES string of the molecule is CCCN(CC(=O)Nc1ccccc1C)Cc1nc(-c2ccc(CC)cc2)no1. The number of hydrogen-bond donors (Lipinski definition) is 1. The lowest BCUT2D eigenvalue weighted by Crippen LogP contribution is -2.33. The van der Waals surface area contributed by atoms with Crippen LogP contribution in [0.15, 0.2) is 53.1 Å². The molecule has 1 amide bonds. The topological polar surface area (TPSA) is 71.3 Å². The van der Waals surface area contributed by atoms with E-state index in [0.29, 0.717) is 18.3 Å². The number of aromatic nitrogens is 2. The van der Waals surface area contributed by atoms with E-state index in [9.17, 15) is 4.79 Å². The van der Waals surface area contributed by atoms with Gasteiger partial charge in [-0.1, -0.05) is 61.5 Å². The first kappa shape index (κ1) is 20.7. The molecule has 1 heterocycles. The van der Waals surface area contributed by atoms with Crippen LogP contribution in [-0.4, -0.2) is 34.0 Å². The summed E-state index contributed by atoms with van der Waals surface area (Å²) >= 11 is 0. The van der Waals surface area contributed by atoms with Gasteiger partial charge in [-0.25, -0.2) is 0 Å². The molecular formula is C23H28N4O2. The molecule has 3 aromatic rings. The lowest BCUT2D eigenvalue weighted by molar-refractivity contribution is -0.117. The van der Waals surface area contributed by atoms with Gasteiger partial charge in [0.15, 0.2) is 0 Å². The summed E-state index contributed by atoms with van der Waals surface area (Å²) in [5, 5.41) is 7.08. The molecule has 29 heavy (non-hydrogen) atoms. The Morgan fingerprint density at radius 2 is 1.86 bits per heavy atom.